The van der Waals surface area contributed by atoms with Crippen LogP contribution in [0.1, 0.15) is 6.42 Å². The van der Waals surface area contributed by atoms with Crippen molar-refractivity contribution in [2.75, 3.05) is 50.9 Å². The van der Waals surface area contributed by atoms with E-state index < -0.39 is 5.82 Å². The summed E-state index contributed by atoms with van der Waals surface area (Å²) in [6, 6.07) is 0.251. The molecule has 0 aromatic carbocycles. The van der Waals surface area contributed by atoms with Gasteiger partial charge in [0, 0.05) is 32.8 Å². The Morgan fingerprint density at radius 1 is 1.23 bits per heavy atom. The number of morpholine rings is 1. The van der Waals surface area contributed by atoms with Crippen molar-refractivity contribution in [2.45, 2.75) is 18.6 Å². The fourth-order valence-electron chi connectivity index (χ4n) is 3.71. The van der Waals surface area contributed by atoms with Crippen LogP contribution in [0, 0.1) is 11.7 Å². The molecule has 22 heavy (non-hydrogen) atoms. The van der Waals surface area contributed by atoms with Crippen molar-refractivity contribution >= 4 is 5.95 Å². The smallest absolute Gasteiger partial charge is 0.225 e. The molecule has 0 spiro atoms. The lowest BCUT2D eigenvalue weighted by Gasteiger charge is -2.36. The number of halogens is 1. The van der Waals surface area contributed by atoms with Gasteiger partial charge in [0.2, 0.25) is 5.95 Å². The topological polar surface area (TPSA) is 50.7 Å². The summed E-state index contributed by atoms with van der Waals surface area (Å²) in [4.78, 5) is 12.9. The number of rotatable bonds is 3. The molecule has 0 bridgehead atoms. The van der Waals surface area contributed by atoms with Crippen LogP contribution >= 0.6 is 0 Å². The fourth-order valence-corrected chi connectivity index (χ4v) is 3.71. The fraction of sp³-hybridized carbons (Fsp3) is 0.733. The second-order valence-corrected chi connectivity index (χ2v) is 6.32. The van der Waals surface area contributed by atoms with Gasteiger partial charge in [0.15, 0.2) is 5.82 Å². The van der Waals surface area contributed by atoms with Gasteiger partial charge in [-0.25, -0.2) is 14.4 Å². The van der Waals surface area contributed by atoms with Gasteiger partial charge < -0.3 is 14.4 Å². The highest BCUT2D eigenvalue weighted by Crippen LogP contribution is 2.27. The third-order valence-electron chi connectivity index (χ3n) is 4.78. The molecule has 0 saturated carbocycles. The predicted octanol–water partition coefficient (Wildman–Crippen LogP) is 0.542. The summed E-state index contributed by atoms with van der Waals surface area (Å²) >= 11 is 0. The van der Waals surface area contributed by atoms with Gasteiger partial charge in [0.1, 0.15) is 0 Å². The van der Waals surface area contributed by atoms with E-state index in [4.69, 9.17) is 9.47 Å². The van der Waals surface area contributed by atoms with Crippen molar-refractivity contribution in [1.29, 1.82) is 0 Å². The molecular weight excluding hydrogens is 287 g/mol. The summed E-state index contributed by atoms with van der Waals surface area (Å²) in [6.45, 7) is 6.14. The van der Waals surface area contributed by atoms with Crippen LogP contribution in [-0.4, -0.2) is 73.0 Å². The molecule has 3 aliphatic rings. The Morgan fingerprint density at radius 2 is 2.09 bits per heavy atom. The van der Waals surface area contributed by atoms with E-state index in [2.05, 4.69) is 19.8 Å². The van der Waals surface area contributed by atoms with Gasteiger partial charge in [-0.1, -0.05) is 0 Å². The standard InChI is InChI=1S/C15H21FN4O2/c16-12-5-17-15(18-6-12)20-2-4-22-14-9-19(8-13(14)20)7-11-1-3-21-10-11/h5-6,11,13-14H,1-4,7-10H2/t11?,13-,14+/m1/s1. The molecule has 4 heterocycles. The molecule has 3 saturated heterocycles. The number of hydrogen-bond donors (Lipinski definition) is 0. The summed E-state index contributed by atoms with van der Waals surface area (Å²) in [6.07, 6.45) is 3.80. The Labute approximate surface area is 129 Å². The van der Waals surface area contributed by atoms with Crippen molar-refractivity contribution in [2.24, 2.45) is 5.92 Å². The first-order valence-electron chi connectivity index (χ1n) is 7.95. The lowest BCUT2D eigenvalue weighted by atomic mass is 10.1. The van der Waals surface area contributed by atoms with Crippen LogP contribution in [0.3, 0.4) is 0 Å². The van der Waals surface area contributed by atoms with Gasteiger partial charge in [-0.2, -0.15) is 0 Å². The summed E-state index contributed by atoms with van der Waals surface area (Å²) < 4.78 is 24.4. The zero-order chi connectivity index (χ0) is 14.9. The summed E-state index contributed by atoms with van der Waals surface area (Å²) in [5.74, 6) is 0.837. The average Bonchev–Trinajstić information content (AvgIpc) is 3.17. The molecule has 0 aliphatic carbocycles. The monoisotopic (exact) mass is 308 g/mol. The van der Waals surface area contributed by atoms with Gasteiger partial charge in [0.05, 0.1) is 37.8 Å². The van der Waals surface area contributed by atoms with E-state index in [9.17, 15) is 4.39 Å². The van der Waals surface area contributed by atoms with E-state index in [1.165, 1.54) is 12.4 Å². The molecule has 3 fully saturated rings. The molecule has 0 radical (unpaired) electrons. The number of ether oxygens (including phenoxy) is 2. The van der Waals surface area contributed by atoms with Crippen LogP contribution in [0.2, 0.25) is 0 Å². The Kier molecular flexibility index (Phi) is 3.94. The number of hydrogen-bond acceptors (Lipinski definition) is 6. The molecule has 4 rings (SSSR count). The number of anilines is 1. The molecule has 1 aromatic rings. The van der Waals surface area contributed by atoms with Crippen molar-refractivity contribution in [3.63, 3.8) is 0 Å². The highest BCUT2D eigenvalue weighted by Gasteiger charge is 2.41. The first-order valence-corrected chi connectivity index (χ1v) is 7.95. The van der Waals surface area contributed by atoms with Crippen molar-refractivity contribution in [3.05, 3.63) is 18.2 Å². The zero-order valence-electron chi connectivity index (χ0n) is 12.5. The van der Waals surface area contributed by atoms with Gasteiger partial charge in [0.25, 0.3) is 0 Å². The maximum Gasteiger partial charge on any atom is 0.225 e. The second-order valence-electron chi connectivity index (χ2n) is 6.32. The van der Waals surface area contributed by atoms with Crippen LogP contribution < -0.4 is 4.90 Å². The molecule has 6 nitrogen and oxygen atoms in total. The first kappa shape index (κ1) is 14.3. The van der Waals surface area contributed by atoms with Crippen LogP contribution in [0.15, 0.2) is 12.4 Å². The van der Waals surface area contributed by atoms with Crippen molar-refractivity contribution in [1.82, 2.24) is 14.9 Å². The molecule has 0 N–H and O–H groups in total. The van der Waals surface area contributed by atoms with E-state index in [0.717, 1.165) is 45.8 Å². The van der Waals surface area contributed by atoms with Gasteiger partial charge in [-0.3, -0.25) is 4.90 Å². The Morgan fingerprint density at radius 3 is 2.86 bits per heavy atom. The maximum atomic E-state index is 13.0. The van der Waals surface area contributed by atoms with Crippen molar-refractivity contribution in [3.8, 4) is 0 Å². The van der Waals surface area contributed by atoms with E-state index >= 15 is 0 Å². The summed E-state index contributed by atoms with van der Waals surface area (Å²) in [7, 11) is 0. The largest absolute Gasteiger partial charge is 0.381 e. The van der Waals surface area contributed by atoms with Gasteiger partial charge in [-0.05, 0) is 12.3 Å². The van der Waals surface area contributed by atoms with Crippen LogP contribution in [0.25, 0.3) is 0 Å². The average molecular weight is 308 g/mol. The Bertz CT molecular complexity index is 509. The van der Waals surface area contributed by atoms with Crippen LogP contribution in [0.5, 0.6) is 0 Å². The molecule has 3 aliphatic heterocycles. The predicted molar refractivity (Wildman–Crippen MR) is 78.2 cm³/mol. The van der Waals surface area contributed by atoms with Gasteiger partial charge in [-0.15, -0.1) is 0 Å². The molecule has 1 aromatic heterocycles. The number of nitrogens with zero attached hydrogens (tertiary/aromatic N) is 4. The maximum absolute atomic E-state index is 13.0. The third-order valence-corrected chi connectivity index (χ3v) is 4.78. The minimum Gasteiger partial charge on any atom is -0.381 e. The molecule has 0 amide bonds. The summed E-state index contributed by atoms with van der Waals surface area (Å²) in [5, 5.41) is 0. The minimum atomic E-state index is -0.400. The normalized spacial score (nSPS) is 32.4. The van der Waals surface area contributed by atoms with E-state index in [1.54, 1.807) is 0 Å². The Balaban J connectivity index is 1.45. The SMILES string of the molecule is Fc1cnc(N2CCO[C@H]3CN(CC4CCOC4)C[C@H]32)nc1. The number of fused-ring (bicyclic) bond motifs is 1. The first-order chi connectivity index (χ1) is 10.8. The molecule has 7 heteroatoms. The highest BCUT2D eigenvalue weighted by molar-refractivity contribution is 5.33. The molecular formula is C15H21FN4O2. The zero-order valence-corrected chi connectivity index (χ0v) is 12.5. The summed E-state index contributed by atoms with van der Waals surface area (Å²) in [5.41, 5.74) is 0. The minimum absolute atomic E-state index is 0.185. The van der Waals surface area contributed by atoms with Gasteiger partial charge >= 0.3 is 0 Å². The number of likely N-dealkylation sites (tertiary alicyclic amines) is 1. The molecule has 120 valence electrons. The van der Waals surface area contributed by atoms with E-state index in [-0.39, 0.29) is 12.1 Å². The highest BCUT2D eigenvalue weighted by atomic mass is 19.1. The molecule has 1 unspecified atom stereocenters. The van der Waals surface area contributed by atoms with Crippen molar-refractivity contribution < 1.29 is 13.9 Å². The Hall–Kier alpha value is -1.31. The number of aromatic nitrogens is 2. The quantitative estimate of drug-likeness (QED) is 0.812. The molecule has 3 atom stereocenters. The van der Waals surface area contributed by atoms with Crippen LogP contribution in [0.4, 0.5) is 10.3 Å². The van der Waals surface area contributed by atoms with E-state index in [1.807, 2.05) is 0 Å². The lowest BCUT2D eigenvalue weighted by Crippen LogP contribution is -2.51. The second kappa shape index (κ2) is 6.06. The third kappa shape index (κ3) is 2.80. The van der Waals surface area contributed by atoms with E-state index in [0.29, 0.717) is 18.5 Å². The van der Waals surface area contributed by atoms with Crippen LogP contribution in [-0.2, 0) is 9.47 Å². The lowest BCUT2D eigenvalue weighted by molar-refractivity contribution is 0.0296.